The number of fused-ring (bicyclic) bond motifs is 8. The van der Waals surface area contributed by atoms with Crippen LogP contribution in [0.2, 0.25) is 0 Å². The van der Waals surface area contributed by atoms with Gasteiger partial charge in [-0.2, -0.15) is 0 Å². The van der Waals surface area contributed by atoms with Crippen molar-refractivity contribution >= 4 is 50.4 Å². The summed E-state index contributed by atoms with van der Waals surface area (Å²) in [6.07, 6.45) is 5.72. The van der Waals surface area contributed by atoms with Crippen molar-refractivity contribution in [2.45, 2.75) is 12.3 Å². The van der Waals surface area contributed by atoms with Crippen LogP contribution in [-0.4, -0.2) is 15.1 Å². The number of rotatable bonds is 1. The number of aliphatic hydroxyl groups is 1. The van der Waals surface area contributed by atoms with E-state index < -0.39 is 5.41 Å². The lowest BCUT2D eigenvalue weighted by Gasteiger charge is -2.35. The molecular formula is C32H24N2O. The summed E-state index contributed by atoms with van der Waals surface area (Å²) in [6.45, 7) is 2.21. The highest BCUT2D eigenvalue weighted by atomic mass is 16.2. The minimum absolute atomic E-state index is 0.600. The number of allylic oxidation sites excluding steroid dienone is 1. The second-order valence-corrected chi connectivity index (χ2v) is 9.45. The van der Waals surface area contributed by atoms with Crippen molar-refractivity contribution in [3.63, 3.8) is 0 Å². The summed E-state index contributed by atoms with van der Waals surface area (Å²) in [6, 6.07) is 31.7. The van der Waals surface area contributed by atoms with Crippen molar-refractivity contribution in [2.24, 2.45) is 0 Å². The van der Waals surface area contributed by atoms with Gasteiger partial charge in [0.1, 0.15) is 0 Å². The molecule has 168 valence electrons. The van der Waals surface area contributed by atoms with E-state index in [1.807, 2.05) is 12.1 Å². The molecule has 1 aliphatic carbocycles. The average Bonchev–Trinajstić information content (AvgIpc) is 3.45. The SMILES string of the molecule is CC1(c2ccccc2)/C(=C\O)c2[nH]c3ccccc3c2/C=C\c2c1ccc1c2[nH]c2ccccc21. The van der Waals surface area contributed by atoms with E-state index in [9.17, 15) is 5.11 Å². The van der Waals surface area contributed by atoms with E-state index in [0.29, 0.717) is 0 Å². The second kappa shape index (κ2) is 7.25. The molecule has 3 nitrogen and oxygen atoms in total. The van der Waals surface area contributed by atoms with E-state index in [-0.39, 0.29) is 0 Å². The number of aliphatic hydroxyl groups excluding tert-OH is 1. The largest absolute Gasteiger partial charge is 0.515 e. The molecule has 1 aliphatic rings. The minimum atomic E-state index is -0.600. The minimum Gasteiger partial charge on any atom is -0.515 e. The molecule has 2 heterocycles. The van der Waals surface area contributed by atoms with E-state index >= 15 is 0 Å². The maximum absolute atomic E-state index is 10.8. The van der Waals surface area contributed by atoms with Gasteiger partial charge in [0, 0.05) is 49.3 Å². The molecule has 0 radical (unpaired) electrons. The van der Waals surface area contributed by atoms with Gasteiger partial charge in [-0.25, -0.2) is 0 Å². The van der Waals surface area contributed by atoms with Gasteiger partial charge >= 0.3 is 0 Å². The van der Waals surface area contributed by atoms with Crippen molar-refractivity contribution in [3.05, 3.63) is 125 Å². The highest BCUT2D eigenvalue weighted by Crippen LogP contribution is 2.49. The third kappa shape index (κ3) is 2.66. The predicted molar refractivity (Wildman–Crippen MR) is 147 cm³/mol. The number of para-hydroxylation sites is 2. The van der Waals surface area contributed by atoms with Crippen LogP contribution >= 0.6 is 0 Å². The molecule has 0 amide bonds. The lowest BCUT2D eigenvalue weighted by Crippen LogP contribution is -2.28. The van der Waals surface area contributed by atoms with Gasteiger partial charge < -0.3 is 15.1 Å². The van der Waals surface area contributed by atoms with Gasteiger partial charge in [0.2, 0.25) is 0 Å². The fraction of sp³-hybridized carbons (Fsp3) is 0.0625. The number of hydrogen-bond acceptors (Lipinski definition) is 1. The lowest BCUT2D eigenvalue weighted by molar-refractivity contribution is 0.469. The van der Waals surface area contributed by atoms with E-state index in [2.05, 4.69) is 108 Å². The van der Waals surface area contributed by atoms with Crippen LogP contribution in [0, 0.1) is 0 Å². The predicted octanol–water partition coefficient (Wildman–Crippen LogP) is 8.19. The summed E-state index contributed by atoms with van der Waals surface area (Å²) < 4.78 is 0. The average molecular weight is 453 g/mol. The molecule has 7 rings (SSSR count). The van der Waals surface area contributed by atoms with Crippen LogP contribution in [0.1, 0.15) is 34.9 Å². The molecule has 1 atom stereocenters. The van der Waals surface area contributed by atoms with Crippen LogP contribution in [0.4, 0.5) is 0 Å². The van der Waals surface area contributed by atoms with Gasteiger partial charge in [-0.1, -0.05) is 91.0 Å². The zero-order valence-corrected chi connectivity index (χ0v) is 19.3. The molecule has 3 heteroatoms. The molecule has 0 bridgehead atoms. The van der Waals surface area contributed by atoms with Crippen molar-refractivity contribution < 1.29 is 5.11 Å². The first-order valence-corrected chi connectivity index (χ1v) is 11.9. The zero-order valence-electron chi connectivity index (χ0n) is 19.3. The van der Waals surface area contributed by atoms with E-state index in [0.717, 1.165) is 55.5 Å². The number of aromatic nitrogens is 2. The summed E-state index contributed by atoms with van der Waals surface area (Å²) in [4.78, 5) is 7.30. The highest BCUT2D eigenvalue weighted by Gasteiger charge is 2.39. The molecular weight excluding hydrogens is 428 g/mol. The highest BCUT2D eigenvalue weighted by molar-refractivity contribution is 6.12. The number of H-pyrrole nitrogens is 2. The number of nitrogens with one attached hydrogen (secondary N) is 2. The number of hydrogen-bond donors (Lipinski definition) is 3. The van der Waals surface area contributed by atoms with Gasteiger partial charge in [-0.15, -0.1) is 0 Å². The fourth-order valence-electron chi connectivity index (χ4n) is 5.94. The Bertz CT molecular complexity index is 1820. The van der Waals surface area contributed by atoms with Crippen molar-refractivity contribution in [3.8, 4) is 0 Å². The fourth-order valence-corrected chi connectivity index (χ4v) is 5.94. The Morgan fingerprint density at radius 1 is 0.657 bits per heavy atom. The Morgan fingerprint density at radius 2 is 1.31 bits per heavy atom. The van der Waals surface area contributed by atoms with Crippen molar-refractivity contribution in [1.82, 2.24) is 9.97 Å². The van der Waals surface area contributed by atoms with Crippen molar-refractivity contribution in [2.75, 3.05) is 0 Å². The van der Waals surface area contributed by atoms with Gasteiger partial charge in [-0.3, -0.25) is 0 Å². The van der Waals surface area contributed by atoms with Crippen LogP contribution in [-0.2, 0) is 5.41 Å². The topological polar surface area (TPSA) is 51.8 Å². The number of aromatic amines is 2. The molecule has 1 unspecified atom stereocenters. The Balaban J connectivity index is 1.66. The zero-order chi connectivity index (χ0) is 23.6. The van der Waals surface area contributed by atoms with Gasteiger partial charge in [-0.05, 0) is 30.2 Å². The summed E-state index contributed by atoms with van der Waals surface area (Å²) in [5.41, 5.74) is 8.97. The van der Waals surface area contributed by atoms with Crippen LogP contribution in [0.25, 0.3) is 50.4 Å². The monoisotopic (exact) mass is 452 g/mol. The molecule has 35 heavy (non-hydrogen) atoms. The maximum atomic E-state index is 10.8. The van der Waals surface area contributed by atoms with E-state index in [1.54, 1.807) is 0 Å². The quantitative estimate of drug-likeness (QED) is 0.216. The molecule has 0 aliphatic heterocycles. The third-order valence-corrected chi connectivity index (χ3v) is 7.71. The molecule has 6 aromatic rings. The normalized spacial score (nSPS) is 19.5. The lowest BCUT2D eigenvalue weighted by atomic mass is 9.67. The summed E-state index contributed by atoms with van der Waals surface area (Å²) >= 11 is 0. The summed E-state index contributed by atoms with van der Waals surface area (Å²) in [5, 5.41) is 14.4. The standard InChI is InChI=1S/C32H24N2O/c1-32(20-9-3-2-4-10-20)26-18-17-23-21-11-5-7-13-28(21)33-30(23)25(26)16-15-24-22-12-6-8-14-29(22)34-31(24)27(32)19-35/h2-19,33-35H,1H3/b16-15-,27-19-. The smallest absolute Gasteiger partial charge is 0.0857 e. The number of benzene rings is 4. The van der Waals surface area contributed by atoms with Gasteiger partial charge in [0.15, 0.2) is 0 Å². The van der Waals surface area contributed by atoms with E-state index in [4.69, 9.17) is 0 Å². The van der Waals surface area contributed by atoms with Crippen LogP contribution in [0.5, 0.6) is 0 Å². The first kappa shape index (κ1) is 19.9. The molecule has 0 saturated heterocycles. The Morgan fingerprint density at radius 3 is 2.09 bits per heavy atom. The first-order chi connectivity index (χ1) is 17.2. The Labute approximate surface area is 203 Å². The molecule has 0 saturated carbocycles. The van der Waals surface area contributed by atoms with Crippen LogP contribution in [0.15, 0.2) is 97.3 Å². The first-order valence-electron chi connectivity index (χ1n) is 11.9. The molecule has 3 N–H and O–H groups in total. The Hall–Kier alpha value is -4.50. The van der Waals surface area contributed by atoms with Gasteiger partial charge in [0.05, 0.1) is 17.5 Å². The summed E-state index contributed by atoms with van der Waals surface area (Å²) in [5.74, 6) is 0. The molecule has 0 spiro atoms. The second-order valence-electron chi connectivity index (χ2n) is 9.45. The summed E-state index contributed by atoms with van der Waals surface area (Å²) in [7, 11) is 0. The van der Waals surface area contributed by atoms with Crippen LogP contribution in [0.3, 0.4) is 0 Å². The van der Waals surface area contributed by atoms with Crippen LogP contribution < -0.4 is 0 Å². The van der Waals surface area contributed by atoms with Gasteiger partial charge in [0.25, 0.3) is 0 Å². The third-order valence-electron chi connectivity index (χ3n) is 7.71. The molecule has 0 fully saturated rings. The van der Waals surface area contributed by atoms with Crippen molar-refractivity contribution in [1.29, 1.82) is 0 Å². The Kier molecular flexibility index (Phi) is 4.13. The van der Waals surface area contributed by atoms with E-state index in [1.165, 1.54) is 17.0 Å². The molecule has 4 aromatic carbocycles. The maximum Gasteiger partial charge on any atom is 0.0857 e. The molecule has 2 aromatic heterocycles.